The van der Waals surface area contributed by atoms with Gasteiger partial charge in [-0.1, -0.05) is 42.5 Å². The van der Waals surface area contributed by atoms with Crippen LogP contribution in [0.5, 0.6) is 0 Å². The maximum atomic E-state index is 13.0. The van der Waals surface area contributed by atoms with E-state index in [0.29, 0.717) is 5.82 Å². The number of carbonyl (C=O) groups is 1. The lowest BCUT2D eigenvalue weighted by Gasteiger charge is -2.27. The molecule has 25 heavy (non-hydrogen) atoms. The monoisotopic (exact) mass is 329 g/mol. The lowest BCUT2D eigenvalue weighted by atomic mass is 10.1. The van der Waals surface area contributed by atoms with Gasteiger partial charge in [-0.3, -0.25) is 9.69 Å². The molecule has 4 nitrogen and oxygen atoms in total. The average Bonchev–Trinajstić information content (AvgIpc) is 2.90. The Morgan fingerprint density at radius 3 is 2.48 bits per heavy atom. The van der Waals surface area contributed by atoms with Crippen LogP contribution in [0.2, 0.25) is 0 Å². The second-order valence-corrected chi connectivity index (χ2v) is 6.32. The number of aryl methyl sites for hydroxylation is 2. The molecule has 124 valence electrons. The smallest absolute Gasteiger partial charge is 0.261 e. The first-order valence-corrected chi connectivity index (χ1v) is 8.32. The molecule has 2 aromatic carbocycles. The fraction of sp³-hybridized carbons (Fsp3) is 0.143. The van der Waals surface area contributed by atoms with Crippen LogP contribution in [-0.2, 0) is 0 Å². The molecule has 0 fully saturated rings. The van der Waals surface area contributed by atoms with Crippen LogP contribution in [0.3, 0.4) is 0 Å². The van der Waals surface area contributed by atoms with Crippen LogP contribution in [0, 0.1) is 13.8 Å². The van der Waals surface area contributed by atoms with E-state index in [1.165, 1.54) is 0 Å². The molecule has 3 aromatic rings. The Bertz CT molecular complexity index is 934. The largest absolute Gasteiger partial charge is 0.361 e. The molecule has 0 unspecified atom stereocenters. The van der Waals surface area contributed by atoms with Crippen LogP contribution in [0.1, 0.15) is 33.2 Å². The molecule has 1 aliphatic heterocycles. The molecule has 2 heterocycles. The van der Waals surface area contributed by atoms with E-state index in [2.05, 4.69) is 23.3 Å². The molecule has 0 saturated carbocycles. The van der Waals surface area contributed by atoms with Crippen LogP contribution in [0.15, 0.2) is 66.9 Å². The first-order valence-electron chi connectivity index (χ1n) is 8.32. The molecule has 4 rings (SSSR count). The van der Waals surface area contributed by atoms with E-state index in [0.717, 1.165) is 27.9 Å². The van der Waals surface area contributed by atoms with Gasteiger partial charge in [0, 0.05) is 23.0 Å². The summed E-state index contributed by atoms with van der Waals surface area (Å²) >= 11 is 0. The van der Waals surface area contributed by atoms with Gasteiger partial charge in [0.2, 0.25) is 0 Å². The highest BCUT2D eigenvalue weighted by atomic mass is 16.2. The summed E-state index contributed by atoms with van der Waals surface area (Å²) < 4.78 is 0. The van der Waals surface area contributed by atoms with Crippen molar-refractivity contribution >= 4 is 17.4 Å². The lowest BCUT2D eigenvalue weighted by Crippen LogP contribution is -2.33. The normalized spacial score (nSPS) is 16.0. The van der Waals surface area contributed by atoms with Gasteiger partial charge in [-0.25, -0.2) is 4.98 Å². The van der Waals surface area contributed by atoms with Gasteiger partial charge in [-0.2, -0.15) is 0 Å². The van der Waals surface area contributed by atoms with E-state index < -0.39 is 0 Å². The molecule has 0 radical (unpaired) electrons. The Balaban J connectivity index is 1.80. The number of nitrogens with zero attached hydrogens (tertiary/aromatic N) is 2. The van der Waals surface area contributed by atoms with Crippen molar-refractivity contribution in [2.24, 2.45) is 0 Å². The van der Waals surface area contributed by atoms with Crippen LogP contribution in [0.4, 0.5) is 11.5 Å². The molecule has 0 saturated heterocycles. The minimum Gasteiger partial charge on any atom is -0.361 e. The topological polar surface area (TPSA) is 45.2 Å². The number of anilines is 2. The van der Waals surface area contributed by atoms with Crippen molar-refractivity contribution in [2.75, 3.05) is 10.2 Å². The molecule has 0 aliphatic carbocycles. The molecule has 1 aliphatic rings. The molecule has 1 amide bonds. The molecular formula is C21H19N3O. The zero-order valence-corrected chi connectivity index (χ0v) is 14.2. The molecular weight excluding hydrogens is 310 g/mol. The van der Waals surface area contributed by atoms with Gasteiger partial charge in [-0.05, 0) is 43.2 Å². The summed E-state index contributed by atoms with van der Waals surface area (Å²) in [6.07, 6.45) is 1.51. The average molecular weight is 329 g/mol. The number of benzene rings is 2. The fourth-order valence-corrected chi connectivity index (χ4v) is 3.18. The number of amides is 1. The van der Waals surface area contributed by atoms with Crippen LogP contribution < -0.4 is 10.2 Å². The highest BCUT2D eigenvalue weighted by Gasteiger charge is 2.38. The Kier molecular flexibility index (Phi) is 3.73. The van der Waals surface area contributed by atoms with E-state index in [-0.39, 0.29) is 12.1 Å². The summed E-state index contributed by atoms with van der Waals surface area (Å²) in [5.74, 6) is 0.621. The maximum Gasteiger partial charge on any atom is 0.261 e. The summed E-state index contributed by atoms with van der Waals surface area (Å²) in [6.45, 7) is 4.04. The first-order chi connectivity index (χ1) is 12.1. The zero-order chi connectivity index (χ0) is 17.4. The summed E-state index contributed by atoms with van der Waals surface area (Å²) in [6, 6.07) is 19.7. The van der Waals surface area contributed by atoms with Crippen molar-refractivity contribution in [1.82, 2.24) is 4.98 Å². The first kappa shape index (κ1) is 15.4. The third-order valence-electron chi connectivity index (χ3n) is 4.54. The maximum absolute atomic E-state index is 13.0. The van der Waals surface area contributed by atoms with E-state index in [1.54, 1.807) is 11.1 Å². The number of pyridine rings is 1. The van der Waals surface area contributed by atoms with Crippen molar-refractivity contribution in [3.05, 3.63) is 89.1 Å². The third-order valence-corrected chi connectivity index (χ3v) is 4.54. The molecule has 1 atom stereocenters. The number of rotatable bonds is 3. The Morgan fingerprint density at radius 1 is 0.960 bits per heavy atom. The van der Waals surface area contributed by atoms with Crippen LogP contribution in [-0.4, -0.2) is 10.9 Å². The van der Waals surface area contributed by atoms with Gasteiger partial charge in [0.1, 0.15) is 12.0 Å². The number of hydrogen-bond acceptors (Lipinski definition) is 3. The Morgan fingerprint density at radius 2 is 1.72 bits per heavy atom. The SMILES string of the molecule is Cc1ccc(N2C(=O)c3ccccc3[C@H]2Nc2ccccc2C)nc1. The van der Waals surface area contributed by atoms with E-state index in [1.807, 2.05) is 61.5 Å². The summed E-state index contributed by atoms with van der Waals surface area (Å²) in [5.41, 5.74) is 4.90. The van der Waals surface area contributed by atoms with Gasteiger partial charge in [-0.15, -0.1) is 0 Å². The quantitative estimate of drug-likeness (QED) is 0.771. The van der Waals surface area contributed by atoms with Crippen molar-refractivity contribution in [1.29, 1.82) is 0 Å². The second-order valence-electron chi connectivity index (χ2n) is 6.32. The molecule has 4 heteroatoms. The van der Waals surface area contributed by atoms with Gasteiger partial charge in [0.15, 0.2) is 0 Å². The van der Waals surface area contributed by atoms with E-state index in [4.69, 9.17) is 0 Å². The zero-order valence-electron chi connectivity index (χ0n) is 14.2. The molecule has 1 N–H and O–H groups in total. The summed E-state index contributed by atoms with van der Waals surface area (Å²) in [5, 5.41) is 3.52. The Hall–Kier alpha value is -3.14. The van der Waals surface area contributed by atoms with Gasteiger partial charge < -0.3 is 5.32 Å². The van der Waals surface area contributed by atoms with Gasteiger partial charge >= 0.3 is 0 Å². The highest BCUT2D eigenvalue weighted by molar-refractivity contribution is 6.11. The summed E-state index contributed by atoms with van der Waals surface area (Å²) in [4.78, 5) is 19.2. The number of para-hydroxylation sites is 1. The molecule has 0 spiro atoms. The number of nitrogens with one attached hydrogen (secondary N) is 1. The van der Waals surface area contributed by atoms with Gasteiger partial charge in [0.05, 0.1) is 0 Å². The minimum atomic E-state index is -0.278. The minimum absolute atomic E-state index is 0.0296. The highest BCUT2D eigenvalue weighted by Crippen LogP contribution is 2.37. The number of aromatic nitrogens is 1. The van der Waals surface area contributed by atoms with E-state index >= 15 is 0 Å². The van der Waals surface area contributed by atoms with Gasteiger partial charge in [0.25, 0.3) is 5.91 Å². The predicted molar refractivity (Wildman–Crippen MR) is 99.8 cm³/mol. The second kappa shape index (κ2) is 6.06. The van der Waals surface area contributed by atoms with Crippen molar-refractivity contribution in [3.8, 4) is 0 Å². The van der Waals surface area contributed by atoms with Crippen LogP contribution >= 0.6 is 0 Å². The predicted octanol–water partition coefficient (Wildman–Crippen LogP) is 4.47. The standard InChI is InChI=1S/C21H19N3O/c1-14-11-12-19(22-13-14)24-20(23-18-10-6-3-7-15(18)2)16-8-4-5-9-17(16)21(24)25/h3-13,20,23H,1-2H3/t20-/m0/s1. The molecule has 1 aromatic heterocycles. The number of carbonyl (C=O) groups excluding carboxylic acids is 1. The molecule has 0 bridgehead atoms. The van der Waals surface area contributed by atoms with Crippen molar-refractivity contribution < 1.29 is 4.79 Å². The van der Waals surface area contributed by atoms with E-state index in [9.17, 15) is 4.79 Å². The lowest BCUT2D eigenvalue weighted by molar-refractivity contribution is 0.0992. The van der Waals surface area contributed by atoms with Crippen molar-refractivity contribution in [2.45, 2.75) is 20.0 Å². The van der Waals surface area contributed by atoms with Crippen LogP contribution in [0.25, 0.3) is 0 Å². The summed E-state index contributed by atoms with van der Waals surface area (Å²) in [7, 11) is 0. The fourth-order valence-electron chi connectivity index (χ4n) is 3.18. The third kappa shape index (κ3) is 2.66. The number of fused-ring (bicyclic) bond motifs is 1. The Labute approximate surface area is 147 Å². The van der Waals surface area contributed by atoms with Crippen molar-refractivity contribution in [3.63, 3.8) is 0 Å². The number of hydrogen-bond donors (Lipinski definition) is 1.